The normalized spacial score (nSPS) is 10.5. The first kappa shape index (κ1) is 6.07. The lowest BCUT2D eigenvalue weighted by atomic mass is 10.4. The molecule has 0 fully saturated rings. The van der Waals surface area contributed by atoms with Crippen LogP contribution in [0.3, 0.4) is 0 Å². The van der Waals surface area contributed by atoms with Gasteiger partial charge in [0.25, 0.3) is 0 Å². The third-order valence-electron chi connectivity index (χ3n) is 1.20. The molecule has 2 aromatic rings. The molecule has 0 aromatic carbocycles. The van der Waals surface area contributed by atoms with Crippen LogP contribution in [0.25, 0.3) is 10.1 Å². The number of halogens is 1. The lowest BCUT2D eigenvalue weighted by Crippen LogP contribution is -1.69. The van der Waals surface area contributed by atoms with E-state index in [0.29, 0.717) is 5.15 Å². The summed E-state index contributed by atoms with van der Waals surface area (Å²) in [5.41, 5.74) is 0. The molecule has 0 aliphatic heterocycles. The number of fused-ring (bicyclic) bond motifs is 1. The highest BCUT2D eigenvalue weighted by molar-refractivity contribution is 7.13. The first-order chi connectivity index (χ1) is 4.86. The summed E-state index contributed by atoms with van der Waals surface area (Å²) < 4.78 is 5.07. The molecule has 0 atom stereocenters. The van der Waals surface area contributed by atoms with E-state index < -0.39 is 0 Å². The Morgan fingerprint density at radius 3 is 3.20 bits per heavy atom. The number of hydrogen-bond donors (Lipinski definition) is 0. The van der Waals surface area contributed by atoms with Gasteiger partial charge in [0.15, 0.2) is 0 Å². The van der Waals surface area contributed by atoms with Crippen LogP contribution in [-0.2, 0) is 0 Å². The highest BCUT2D eigenvalue weighted by Crippen LogP contribution is 2.19. The van der Waals surface area contributed by atoms with Gasteiger partial charge in [-0.1, -0.05) is 11.6 Å². The SMILES string of the molecule is Clc1cc2sncc2cn1. The zero-order valence-corrected chi connectivity index (χ0v) is 6.49. The first-order valence-electron chi connectivity index (χ1n) is 2.72. The Hall–Kier alpha value is -0.670. The number of nitrogens with zero attached hydrogens (tertiary/aromatic N) is 2. The predicted molar refractivity (Wildman–Crippen MR) is 42.4 cm³/mol. The van der Waals surface area contributed by atoms with Crippen LogP contribution >= 0.6 is 23.1 Å². The summed E-state index contributed by atoms with van der Waals surface area (Å²) >= 11 is 7.07. The standard InChI is InChI=1S/C6H3ClN2S/c7-6-1-5-4(2-8-6)3-9-10-5/h1-3H. The van der Waals surface area contributed by atoms with Crippen molar-refractivity contribution in [3.8, 4) is 0 Å². The van der Waals surface area contributed by atoms with E-state index in [-0.39, 0.29) is 0 Å². The van der Waals surface area contributed by atoms with Crippen LogP contribution in [0.4, 0.5) is 0 Å². The van der Waals surface area contributed by atoms with Crippen LogP contribution in [0, 0.1) is 0 Å². The monoisotopic (exact) mass is 170 g/mol. The van der Waals surface area contributed by atoms with Crippen molar-refractivity contribution >= 4 is 33.2 Å². The highest BCUT2D eigenvalue weighted by Gasteiger charge is 1.95. The van der Waals surface area contributed by atoms with Gasteiger partial charge in [-0.15, -0.1) is 0 Å². The van der Waals surface area contributed by atoms with Gasteiger partial charge in [0.1, 0.15) is 5.15 Å². The van der Waals surface area contributed by atoms with Crippen LogP contribution in [0.1, 0.15) is 0 Å². The van der Waals surface area contributed by atoms with Crippen molar-refractivity contribution in [2.45, 2.75) is 0 Å². The molecule has 0 aliphatic carbocycles. The number of rotatable bonds is 0. The third-order valence-corrected chi connectivity index (χ3v) is 2.17. The maximum atomic E-state index is 5.64. The summed E-state index contributed by atoms with van der Waals surface area (Å²) in [6.45, 7) is 0. The molecule has 2 nitrogen and oxygen atoms in total. The Labute approximate surface area is 66.6 Å². The molecule has 0 spiro atoms. The van der Waals surface area contributed by atoms with Crippen molar-refractivity contribution in [3.05, 3.63) is 23.6 Å². The molecule has 4 heteroatoms. The number of hydrogen-bond acceptors (Lipinski definition) is 3. The van der Waals surface area contributed by atoms with Gasteiger partial charge >= 0.3 is 0 Å². The van der Waals surface area contributed by atoms with E-state index in [1.807, 2.05) is 6.07 Å². The quantitative estimate of drug-likeness (QED) is 0.568. The zero-order valence-electron chi connectivity index (χ0n) is 4.91. The molecule has 50 valence electrons. The predicted octanol–water partition coefficient (Wildman–Crippen LogP) is 2.34. The number of pyridine rings is 1. The van der Waals surface area contributed by atoms with Gasteiger partial charge in [0.2, 0.25) is 0 Å². The minimum Gasteiger partial charge on any atom is -0.244 e. The summed E-state index contributed by atoms with van der Waals surface area (Å²) in [6.07, 6.45) is 3.50. The van der Waals surface area contributed by atoms with Crippen LogP contribution in [0.2, 0.25) is 5.15 Å². The largest absolute Gasteiger partial charge is 0.244 e. The van der Waals surface area contributed by atoms with Crippen LogP contribution in [0.15, 0.2) is 18.5 Å². The zero-order chi connectivity index (χ0) is 6.97. The molecule has 0 aliphatic rings. The second kappa shape index (κ2) is 2.18. The van der Waals surface area contributed by atoms with Crippen molar-refractivity contribution in [1.82, 2.24) is 9.36 Å². The summed E-state index contributed by atoms with van der Waals surface area (Å²) in [5.74, 6) is 0. The molecular formula is C6H3ClN2S. The maximum absolute atomic E-state index is 5.64. The van der Waals surface area contributed by atoms with Crippen molar-refractivity contribution in [2.24, 2.45) is 0 Å². The van der Waals surface area contributed by atoms with Crippen molar-refractivity contribution < 1.29 is 0 Å². The van der Waals surface area contributed by atoms with Crippen molar-refractivity contribution in [1.29, 1.82) is 0 Å². The topological polar surface area (TPSA) is 25.8 Å². The summed E-state index contributed by atoms with van der Waals surface area (Å²) in [6, 6.07) is 1.81. The fourth-order valence-corrected chi connectivity index (χ4v) is 1.62. The van der Waals surface area contributed by atoms with Gasteiger partial charge in [0, 0.05) is 11.6 Å². The van der Waals surface area contributed by atoms with E-state index >= 15 is 0 Å². The molecule has 0 unspecified atom stereocenters. The Morgan fingerprint density at radius 1 is 1.40 bits per heavy atom. The van der Waals surface area contributed by atoms with E-state index in [1.165, 1.54) is 11.5 Å². The smallest absolute Gasteiger partial charge is 0.130 e. The Balaban J connectivity index is 2.86. The molecular weight excluding hydrogens is 168 g/mol. The molecule has 0 bridgehead atoms. The van der Waals surface area contributed by atoms with E-state index in [2.05, 4.69) is 9.36 Å². The van der Waals surface area contributed by atoms with Crippen LogP contribution in [-0.4, -0.2) is 9.36 Å². The minimum absolute atomic E-state index is 0.525. The summed E-state index contributed by atoms with van der Waals surface area (Å²) in [4.78, 5) is 3.91. The molecule has 2 rings (SSSR count). The third kappa shape index (κ3) is 0.874. The molecule has 0 radical (unpaired) electrons. The first-order valence-corrected chi connectivity index (χ1v) is 3.87. The fraction of sp³-hybridized carbons (Fsp3) is 0. The average Bonchev–Trinajstić information content (AvgIpc) is 2.33. The van der Waals surface area contributed by atoms with Gasteiger partial charge in [-0.2, -0.15) is 4.37 Å². The second-order valence-electron chi connectivity index (χ2n) is 1.87. The molecule has 2 heterocycles. The molecule has 2 aromatic heterocycles. The van der Waals surface area contributed by atoms with Crippen molar-refractivity contribution in [3.63, 3.8) is 0 Å². The Morgan fingerprint density at radius 2 is 2.30 bits per heavy atom. The maximum Gasteiger partial charge on any atom is 0.130 e. The van der Waals surface area contributed by atoms with E-state index in [9.17, 15) is 0 Å². The molecule has 0 saturated heterocycles. The van der Waals surface area contributed by atoms with Gasteiger partial charge in [-0.05, 0) is 17.6 Å². The number of aromatic nitrogens is 2. The van der Waals surface area contributed by atoms with Crippen LogP contribution in [0.5, 0.6) is 0 Å². The van der Waals surface area contributed by atoms with Gasteiger partial charge in [0.05, 0.1) is 10.9 Å². The highest BCUT2D eigenvalue weighted by atomic mass is 35.5. The second-order valence-corrected chi connectivity index (χ2v) is 3.09. The van der Waals surface area contributed by atoms with Crippen LogP contribution < -0.4 is 0 Å². The van der Waals surface area contributed by atoms with E-state index in [1.54, 1.807) is 12.4 Å². The lowest BCUT2D eigenvalue weighted by Gasteiger charge is -1.85. The van der Waals surface area contributed by atoms with Gasteiger partial charge in [-0.25, -0.2) is 4.98 Å². The van der Waals surface area contributed by atoms with Crippen molar-refractivity contribution in [2.75, 3.05) is 0 Å². The van der Waals surface area contributed by atoms with E-state index in [4.69, 9.17) is 11.6 Å². The van der Waals surface area contributed by atoms with Gasteiger partial charge in [-0.3, -0.25) is 0 Å². The summed E-state index contributed by atoms with van der Waals surface area (Å²) in [5, 5.41) is 1.58. The Bertz CT molecular complexity index is 357. The fourth-order valence-electron chi connectivity index (χ4n) is 0.740. The molecule has 0 saturated carbocycles. The van der Waals surface area contributed by atoms with E-state index in [0.717, 1.165) is 10.1 Å². The molecule has 0 amide bonds. The minimum atomic E-state index is 0.525. The Kier molecular flexibility index (Phi) is 1.32. The molecule has 0 N–H and O–H groups in total. The summed E-state index contributed by atoms with van der Waals surface area (Å²) in [7, 11) is 0. The van der Waals surface area contributed by atoms with Gasteiger partial charge < -0.3 is 0 Å². The molecule has 10 heavy (non-hydrogen) atoms. The average molecular weight is 171 g/mol. The lowest BCUT2D eigenvalue weighted by molar-refractivity contribution is 1.37.